The third-order valence-electron chi connectivity index (χ3n) is 6.24. The predicted octanol–water partition coefficient (Wildman–Crippen LogP) is 5.06. The molecule has 0 aromatic heterocycles. The van der Waals surface area contributed by atoms with Gasteiger partial charge in [0.25, 0.3) is 11.7 Å². The van der Waals surface area contributed by atoms with Crippen LogP contribution in [0.2, 0.25) is 5.02 Å². The molecular weight excluding hydrogens is 508 g/mol. The van der Waals surface area contributed by atoms with E-state index in [1.54, 1.807) is 55.5 Å². The van der Waals surface area contributed by atoms with Crippen LogP contribution in [0.15, 0.2) is 72.3 Å². The van der Waals surface area contributed by atoms with Crippen LogP contribution in [-0.4, -0.2) is 48.6 Å². The van der Waals surface area contributed by atoms with Crippen molar-refractivity contribution in [1.82, 2.24) is 0 Å². The summed E-state index contributed by atoms with van der Waals surface area (Å²) in [5, 5.41) is 20.8. The monoisotopic (exact) mass is 534 g/mol. The lowest BCUT2D eigenvalue weighted by Gasteiger charge is -2.26. The number of anilines is 2. The molecule has 2 N–H and O–H groups in total. The number of carboxylic acid groups (broad SMARTS) is 1. The molecular formula is C29H27ClN2O6. The average molecular weight is 535 g/mol. The number of rotatable bonds is 8. The summed E-state index contributed by atoms with van der Waals surface area (Å²) < 4.78 is 5.54. The number of carbonyl (C=O) groups is 3. The number of nitrogens with zero attached hydrogens (tertiary/aromatic N) is 2. The minimum atomic E-state index is -0.978. The molecule has 3 aromatic carbocycles. The maximum Gasteiger partial charge on any atom is 0.307 e. The lowest BCUT2D eigenvalue weighted by atomic mass is 9.94. The molecule has 38 heavy (non-hydrogen) atoms. The standard InChI is InChI=1S/C29H27ClN2O6/c1-4-38-23-16-19(9-14-22(23)30)27(35)25-26(18-7-12-20(13-8-18)31(2)3)32(29(37)28(25)36)21-10-5-17(6-11-21)15-24(33)34/h5-14,16,26,35H,4,15H2,1-3H3,(H,33,34)/b27-25-. The van der Waals surface area contributed by atoms with Gasteiger partial charge < -0.3 is 19.8 Å². The molecule has 1 fully saturated rings. The number of benzene rings is 3. The molecule has 0 saturated carbocycles. The summed E-state index contributed by atoms with van der Waals surface area (Å²) in [6.45, 7) is 2.15. The molecule has 0 aliphatic carbocycles. The number of Topliss-reactive ketones (excluding diaryl/α,β-unsaturated/α-hetero) is 1. The van der Waals surface area contributed by atoms with Crippen LogP contribution in [0.3, 0.4) is 0 Å². The van der Waals surface area contributed by atoms with E-state index >= 15 is 0 Å². The van der Waals surface area contributed by atoms with Gasteiger partial charge in [0.05, 0.1) is 29.7 Å². The fraction of sp³-hybridized carbons (Fsp3) is 0.207. The third-order valence-corrected chi connectivity index (χ3v) is 6.56. The molecule has 9 heteroatoms. The van der Waals surface area contributed by atoms with Crippen LogP contribution in [-0.2, 0) is 20.8 Å². The largest absolute Gasteiger partial charge is 0.507 e. The Balaban J connectivity index is 1.88. The lowest BCUT2D eigenvalue weighted by Crippen LogP contribution is -2.29. The first-order valence-corrected chi connectivity index (χ1v) is 12.3. The Morgan fingerprint density at radius 3 is 2.24 bits per heavy atom. The van der Waals surface area contributed by atoms with Gasteiger partial charge in [0.15, 0.2) is 0 Å². The summed E-state index contributed by atoms with van der Waals surface area (Å²) in [4.78, 5) is 41.1. The summed E-state index contributed by atoms with van der Waals surface area (Å²) in [6.07, 6.45) is -0.173. The summed E-state index contributed by atoms with van der Waals surface area (Å²) in [6, 6.07) is 17.4. The molecule has 1 aliphatic rings. The van der Waals surface area contributed by atoms with Crippen LogP contribution >= 0.6 is 11.6 Å². The van der Waals surface area contributed by atoms with Gasteiger partial charge >= 0.3 is 5.97 Å². The van der Waals surface area contributed by atoms with Crippen LogP contribution < -0.4 is 14.5 Å². The second-order valence-corrected chi connectivity index (χ2v) is 9.38. The average Bonchev–Trinajstić information content (AvgIpc) is 3.15. The van der Waals surface area contributed by atoms with Crippen LogP contribution in [0, 0.1) is 0 Å². The Labute approximate surface area is 225 Å². The number of aliphatic hydroxyl groups excluding tert-OH is 1. The van der Waals surface area contributed by atoms with Gasteiger partial charge in [-0.05, 0) is 60.5 Å². The van der Waals surface area contributed by atoms with Crippen LogP contribution in [0.4, 0.5) is 11.4 Å². The fourth-order valence-corrected chi connectivity index (χ4v) is 4.56. The molecule has 0 bridgehead atoms. The number of carbonyl (C=O) groups excluding carboxylic acids is 2. The van der Waals surface area contributed by atoms with Gasteiger partial charge in [0.2, 0.25) is 0 Å². The van der Waals surface area contributed by atoms with E-state index < -0.39 is 23.7 Å². The normalized spacial score (nSPS) is 16.5. The van der Waals surface area contributed by atoms with Crippen molar-refractivity contribution >= 4 is 46.4 Å². The van der Waals surface area contributed by atoms with Crippen LogP contribution in [0.5, 0.6) is 5.75 Å². The minimum Gasteiger partial charge on any atom is -0.507 e. The van der Waals surface area contributed by atoms with Crippen molar-refractivity contribution < 1.29 is 29.3 Å². The van der Waals surface area contributed by atoms with E-state index in [-0.39, 0.29) is 23.3 Å². The van der Waals surface area contributed by atoms with E-state index in [0.717, 1.165) is 5.69 Å². The summed E-state index contributed by atoms with van der Waals surface area (Å²) in [5.74, 6) is -2.64. The lowest BCUT2D eigenvalue weighted by molar-refractivity contribution is -0.136. The summed E-state index contributed by atoms with van der Waals surface area (Å²) >= 11 is 6.21. The molecule has 0 radical (unpaired) electrons. The van der Waals surface area contributed by atoms with E-state index in [2.05, 4.69) is 0 Å². The molecule has 1 aliphatic heterocycles. The molecule has 1 unspecified atom stereocenters. The highest BCUT2D eigenvalue weighted by Gasteiger charge is 2.47. The molecule has 1 heterocycles. The van der Waals surface area contributed by atoms with Gasteiger partial charge in [-0.1, -0.05) is 35.9 Å². The smallest absolute Gasteiger partial charge is 0.307 e. The van der Waals surface area contributed by atoms with Gasteiger partial charge in [0, 0.05) is 31.0 Å². The Hall–Kier alpha value is -4.30. The maximum absolute atomic E-state index is 13.4. The van der Waals surface area contributed by atoms with Crippen molar-refractivity contribution in [2.75, 3.05) is 30.5 Å². The Bertz CT molecular complexity index is 1410. The predicted molar refractivity (Wildman–Crippen MR) is 146 cm³/mol. The van der Waals surface area contributed by atoms with Gasteiger partial charge in [-0.15, -0.1) is 0 Å². The molecule has 0 spiro atoms. The molecule has 8 nitrogen and oxygen atoms in total. The minimum absolute atomic E-state index is 0.0769. The van der Waals surface area contributed by atoms with Gasteiger partial charge in [-0.3, -0.25) is 19.3 Å². The molecule has 4 rings (SSSR count). The van der Waals surface area contributed by atoms with Crippen LogP contribution in [0.25, 0.3) is 5.76 Å². The SMILES string of the molecule is CCOc1cc(/C(O)=C2/C(=O)C(=O)N(c3ccc(CC(=O)O)cc3)C2c2ccc(N(C)C)cc2)ccc1Cl. The number of amides is 1. The molecule has 1 amide bonds. The number of aliphatic carboxylic acids is 1. The van der Waals surface area contributed by atoms with Crippen molar-refractivity contribution in [3.63, 3.8) is 0 Å². The van der Waals surface area contributed by atoms with Crippen molar-refractivity contribution in [3.8, 4) is 5.75 Å². The summed E-state index contributed by atoms with van der Waals surface area (Å²) in [5.41, 5.74) is 2.68. The number of hydrogen-bond acceptors (Lipinski definition) is 6. The molecule has 3 aromatic rings. The zero-order chi connectivity index (χ0) is 27.6. The fourth-order valence-electron chi connectivity index (χ4n) is 4.39. The van der Waals surface area contributed by atoms with Gasteiger partial charge in [0.1, 0.15) is 11.5 Å². The maximum atomic E-state index is 13.4. The van der Waals surface area contributed by atoms with E-state index in [1.165, 1.54) is 11.0 Å². The number of hydrogen-bond donors (Lipinski definition) is 2. The van der Waals surface area contributed by atoms with Crippen LogP contribution in [0.1, 0.15) is 29.7 Å². The van der Waals surface area contributed by atoms with E-state index in [9.17, 15) is 19.5 Å². The highest BCUT2D eigenvalue weighted by molar-refractivity contribution is 6.51. The Kier molecular flexibility index (Phi) is 7.73. The zero-order valence-corrected chi connectivity index (χ0v) is 21.9. The molecule has 1 atom stereocenters. The number of ketones is 1. The Morgan fingerprint density at radius 2 is 1.66 bits per heavy atom. The highest BCUT2D eigenvalue weighted by Crippen LogP contribution is 2.43. The van der Waals surface area contributed by atoms with Crippen molar-refractivity contribution in [2.24, 2.45) is 0 Å². The first kappa shape index (κ1) is 26.8. The van der Waals surface area contributed by atoms with Gasteiger partial charge in [-0.25, -0.2) is 0 Å². The quantitative estimate of drug-likeness (QED) is 0.236. The number of halogens is 1. The topological polar surface area (TPSA) is 107 Å². The number of ether oxygens (including phenoxy) is 1. The first-order valence-electron chi connectivity index (χ1n) is 11.9. The Morgan fingerprint density at radius 1 is 1.00 bits per heavy atom. The van der Waals surface area contributed by atoms with Crippen molar-refractivity contribution in [1.29, 1.82) is 0 Å². The van der Waals surface area contributed by atoms with E-state index in [0.29, 0.717) is 34.2 Å². The molecule has 196 valence electrons. The molecule has 1 saturated heterocycles. The second kappa shape index (κ2) is 11.0. The van der Waals surface area contributed by atoms with E-state index in [4.69, 9.17) is 21.4 Å². The second-order valence-electron chi connectivity index (χ2n) is 8.97. The third kappa shape index (κ3) is 5.21. The summed E-state index contributed by atoms with van der Waals surface area (Å²) in [7, 11) is 3.80. The number of aliphatic hydroxyl groups is 1. The zero-order valence-electron chi connectivity index (χ0n) is 21.1. The highest BCUT2D eigenvalue weighted by atomic mass is 35.5. The number of carboxylic acids is 1. The van der Waals surface area contributed by atoms with Crippen molar-refractivity contribution in [3.05, 3.63) is 94.0 Å². The van der Waals surface area contributed by atoms with Crippen molar-refractivity contribution in [2.45, 2.75) is 19.4 Å². The first-order chi connectivity index (χ1) is 18.1. The van der Waals surface area contributed by atoms with Gasteiger partial charge in [-0.2, -0.15) is 0 Å². The van der Waals surface area contributed by atoms with E-state index in [1.807, 2.05) is 31.1 Å².